The summed E-state index contributed by atoms with van der Waals surface area (Å²) in [6.45, 7) is 0. The van der Waals surface area contributed by atoms with Crippen LogP contribution in [0.3, 0.4) is 0 Å². The lowest BCUT2D eigenvalue weighted by atomic mass is 10.2. The molecule has 1 saturated carbocycles. The van der Waals surface area contributed by atoms with E-state index in [-0.39, 0.29) is 5.82 Å². The molecule has 3 rings (SSSR count). The molecule has 0 aromatic carbocycles. The van der Waals surface area contributed by atoms with Crippen molar-refractivity contribution in [1.82, 2.24) is 10.1 Å². The van der Waals surface area contributed by atoms with E-state index in [0.29, 0.717) is 4.88 Å². The van der Waals surface area contributed by atoms with Crippen LogP contribution in [-0.4, -0.2) is 10.1 Å². The van der Waals surface area contributed by atoms with E-state index in [1.165, 1.54) is 24.2 Å². The highest BCUT2D eigenvalue weighted by molar-refractivity contribution is 7.15. The van der Waals surface area contributed by atoms with Gasteiger partial charge in [-0.1, -0.05) is 18.0 Å². The van der Waals surface area contributed by atoms with Crippen molar-refractivity contribution in [3.05, 3.63) is 22.9 Å². The second kappa shape index (κ2) is 4.63. The van der Waals surface area contributed by atoms with Gasteiger partial charge in [-0.2, -0.15) is 18.2 Å². The molecular weight excluding hydrogens is 277 g/mol. The Morgan fingerprint density at radius 2 is 2.11 bits per heavy atom. The molecule has 2 heterocycles. The molecule has 1 aliphatic carbocycles. The molecule has 0 N–H and O–H groups in total. The van der Waals surface area contributed by atoms with Crippen LogP contribution in [0.2, 0.25) is 0 Å². The smallest absolute Gasteiger partial charge is 0.329 e. The molecule has 1 aliphatic rings. The normalized spacial score (nSPS) is 15.9. The summed E-state index contributed by atoms with van der Waals surface area (Å²) in [4.78, 5) is 5.15. The molecule has 19 heavy (non-hydrogen) atoms. The first-order chi connectivity index (χ1) is 9.02. The van der Waals surface area contributed by atoms with Crippen LogP contribution < -0.4 is 0 Å². The van der Waals surface area contributed by atoms with Crippen LogP contribution in [0.4, 0.5) is 13.2 Å². The minimum atomic E-state index is -4.59. The Hall–Kier alpha value is -1.37. The van der Waals surface area contributed by atoms with Gasteiger partial charge < -0.3 is 4.52 Å². The van der Waals surface area contributed by atoms with Crippen molar-refractivity contribution in [2.24, 2.45) is 5.92 Å². The third kappa shape index (κ3) is 2.97. The standard InChI is InChI=1S/C12H11F3N2OS/c13-12(14,15)11-16-10(17-18-11)9-6-5-8(19-9)4-3-7-1-2-7/h5-7H,1-4H2. The number of alkyl halides is 3. The maximum Gasteiger partial charge on any atom is 0.471 e. The largest absolute Gasteiger partial charge is 0.471 e. The van der Waals surface area contributed by atoms with Crippen LogP contribution in [0.5, 0.6) is 0 Å². The Morgan fingerprint density at radius 3 is 2.74 bits per heavy atom. The molecule has 0 spiro atoms. The minimum Gasteiger partial charge on any atom is -0.329 e. The third-order valence-corrected chi connectivity index (χ3v) is 4.19. The van der Waals surface area contributed by atoms with Crippen LogP contribution in [0.25, 0.3) is 10.7 Å². The molecule has 0 atom stereocenters. The van der Waals surface area contributed by atoms with Gasteiger partial charge in [0, 0.05) is 4.88 Å². The van der Waals surface area contributed by atoms with E-state index in [0.717, 1.165) is 23.6 Å². The van der Waals surface area contributed by atoms with Gasteiger partial charge in [0.15, 0.2) is 0 Å². The zero-order valence-electron chi connectivity index (χ0n) is 9.91. The number of aromatic nitrogens is 2. The SMILES string of the molecule is FC(F)(F)c1nc(-c2ccc(CCC3CC3)s2)no1. The summed E-state index contributed by atoms with van der Waals surface area (Å²) in [7, 11) is 0. The molecule has 2 aromatic heterocycles. The average molecular weight is 288 g/mol. The summed E-state index contributed by atoms with van der Waals surface area (Å²) in [5.74, 6) is -0.446. The summed E-state index contributed by atoms with van der Waals surface area (Å²) in [6, 6.07) is 3.67. The van der Waals surface area contributed by atoms with Crippen molar-refractivity contribution in [3.63, 3.8) is 0 Å². The second-order valence-corrected chi connectivity index (χ2v) is 5.84. The van der Waals surface area contributed by atoms with E-state index in [4.69, 9.17) is 0 Å². The maximum atomic E-state index is 12.3. The van der Waals surface area contributed by atoms with Crippen LogP contribution in [-0.2, 0) is 12.6 Å². The molecule has 0 amide bonds. The second-order valence-electron chi connectivity index (χ2n) is 4.67. The number of hydrogen-bond acceptors (Lipinski definition) is 4. The van der Waals surface area contributed by atoms with E-state index in [1.54, 1.807) is 6.07 Å². The molecule has 2 aromatic rings. The Balaban J connectivity index is 1.72. The van der Waals surface area contributed by atoms with Crippen LogP contribution >= 0.6 is 11.3 Å². The fourth-order valence-corrected chi connectivity index (χ4v) is 2.77. The van der Waals surface area contributed by atoms with Gasteiger partial charge in [-0.25, -0.2) is 0 Å². The number of halogens is 3. The average Bonchev–Trinajstić information content (AvgIpc) is 2.87. The Kier molecular flexibility index (Phi) is 3.08. The third-order valence-electron chi connectivity index (χ3n) is 3.05. The number of rotatable bonds is 4. The van der Waals surface area contributed by atoms with Gasteiger partial charge in [0.1, 0.15) is 0 Å². The monoisotopic (exact) mass is 288 g/mol. The van der Waals surface area contributed by atoms with E-state index in [1.807, 2.05) is 6.07 Å². The molecule has 0 radical (unpaired) electrons. The molecular formula is C12H11F3N2OS. The Morgan fingerprint density at radius 1 is 1.32 bits per heavy atom. The van der Waals surface area contributed by atoms with Gasteiger partial charge in [-0.15, -0.1) is 11.3 Å². The van der Waals surface area contributed by atoms with Gasteiger partial charge in [-0.3, -0.25) is 0 Å². The molecule has 0 unspecified atom stereocenters. The molecule has 0 bridgehead atoms. The van der Waals surface area contributed by atoms with Crippen LogP contribution in [0, 0.1) is 5.92 Å². The van der Waals surface area contributed by atoms with Gasteiger partial charge >= 0.3 is 12.1 Å². The molecule has 3 nitrogen and oxygen atoms in total. The summed E-state index contributed by atoms with van der Waals surface area (Å²) >= 11 is 1.43. The van der Waals surface area contributed by atoms with E-state index in [9.17, 15) is 13.2 Å². The van der Waals surface area contributed by atoms with E-state index >= 15 is 0 Å². The number of nitrogens with zero attached hydrogens (tertiary/aromatic N) is 2. The highest BCUT2D eigenvalue weighted by atomic mass is 32.1. The number of aryl methyl sites for hydroxylation is 1. The zero-order chi connectivity index (χ0) is 13.5. The summed E-state index contributed by atoms with van der Waals surface area (Å²) in [5, 5.41) is 3.38. The highest BCUT2D eigenvalue weighted by Gasteiger charge is 2.38. The van der Waals surface area contributed by atoms with Crippen LogP contribution in [0.1, 0.15) is 30.0 Å². The summed E-state index contributed by atoms with van der Waals surface area (Å²) in [5.41, 5.74) is 0. The van der Waals surface area contributed by atoms with Crippen molar-refractivity contribution in [2.45, 2.75) is 31.9 Å². The lowest BCUT2D eigenvalue weighted by Gasteiger charge is -1.95. The predicted octanol–water partition coefficient (Wildman–Crippen LogP) is 4.16. The first-order valence-electron chi connectivity index (χ1n) is 6.02. The predicted molar refractivity (Wildman–Crippen MR) is 63.7 cm³/mol. The first kappa shape index (κ1) is 12.7. The van der Waals surface area contributed by atoms with Crippen LogP contribution in [0.15, 0.2) is 16.7 Å². The van der Waals surface area contributed by atoms with Crippen molar-refractivity contribution >= 4 is 11.3 Å². The number of thiophene rings is 1. The van der Waals surface area contributed by atoms with Crippen molar-refractivity contribution in [3.8, 4) is 10.7 Å². The van der Waals surface area contributed by atoms with Gasteiger partial charge in [0.2, 0.25) is 5.82 Å². The van der Waals surface area contributed by atoms with Crippen molar-refractivity contribution in [2.75, 3.05) is 0 Å². The van der Waals surface area contributed by atoms with Crippen molar-refractivity contribution in [1.29, 1.82) is 0 Å². The summed E-state index contributed by atoms with van der Waals surface area (Å²) < 4.78 is 41.3. The minimum absolute atomic E-state index is 0.00926. The highest BCUT2D eigenvalue weighted by Crippen LogP contribution is 2.36. The topological polar surface area (TPSA) is 38.9 Å². The van der Waals surface area contributed by atoms with E-state index in [2.05, 4.69) is 14.7 Å². The zero-order valence-corrected chi connectivity index (χ0v) is 10.7. The lowest BCUT2D eigenvalue weighted by molar-refractivity contribution is -0.159. The van der Waals surface area contributed by atoms with Crippen molar-refractivity contribution < 1.29 is 17.7 Å². The quantitative estimate of drug-likeness (QED) is 0.848. The van der Waals surface area contributed by atoms with Gasteiger partial charge in [0.05, 0.1) is 4.88 Å². The first-order valence-corrected chi connectivity index (χ1v) is 6.84. The van der Waals surface area contributed by atoms with Gasteiger partial charge in [-0.05, 0) is 30.9 Å². The Labute approximate surface area is 111 Å². The maximum absolute atomic E-state index is 12.3. The number of hydrogen-bond donors (Lipinski definition) is 0. The summed E-state index contributed by atoms with van der Waals surface area (Å²) in [6.07, 6.45) is 0.145. The Bertz CT molecular complexity index is 572. The molecule has 1 fully saturated rings. The molecule has 0 saturated heterocycles. The molecule has 0 aliphatic heterocycles. The molecule has 102 valence electrons. The lowest BCUT2D eigenvalue weighted by Crippen LogP contribution is -2.04. The fraction of sp³-hybridized carbons (Fsp3) is 0.500. The van der Waals surface area contributed by atoms with Gasteiger partial charge in [0.25, 0.3) is 0 Å². The van der Waals surface area contributed by atoms with E-state index < -0.39 is 12.1 Å². The molecule has 7 heteroatoms. The fourth-order valence-electron chi connectivity index (χ4n) is 1.82.